The Kier molecular flexibility index (Phi) is 168. The minimum absolute atomic E-state index is 0. The zero-order valence-corrected chi connectivity index (χ0v) is 11.3. The summed E-state index contributed by atoms with van der Waals surface area (Å²) in [5.74, 6) is 0. The van der Waals surface area contributed by atoms with Crippen molar-refractivity contribution in [3.63, 3.8) is 0 Å². The van der Waals surface area contributed by atoms with E-state index in [9.17, 15) is 25.3 Å². The van der Waals surface area contributed by atoms with E-state index in [1.54, 1.807) is 0 Å². The van der Waals surface area contributed by atoms with Gasteiger partial charge in [-0.15, -0.1) is 0 Å². The van der Waals surface area contributed by atoms with Crippen LogP contribution in [-0.4, -0.2) is 364 Å². The van der Waals surface area contributed by atoms with Crippen LogP contribution in [0, 0.1) is 0 Å². The predicted octanol–water partition coefficient (Wildman–Crippen LogP) is -7.08. The molecule has 0 aromatic rings. The molecule has 0 aliphatic rings. The summed E-state index contributed by atoms with van der Waals surface area (Å²) < 4.78 is 79.7. The van der Waals surface area contributed by atoms with Gasteiger partial charge < -0.3 is 0 Å². The van der Waals surface area contributed by atoms with Crippen molar-refractivity contribution in [1.82, 2.24) is 0 Å². The molecule has 0 spiro atoms. The maximum absolute atomic E-state index is 9.44. The van der Waals surface area contributed by atoms with Gasteiger partial charge in [-0.05, 0) is 0 Å². The van der Waals surface area contributed by atoms with Crippen molar-refractivity contribution in [2.45, 2.75) is 0 Å². The molecule has 0 saturated heterocycles. The van der Waals surface area contributed by atoms with Crippen LogP contribution in [0.1, 0.15) is 0 Å². The molecule has 0 fully saturated rings. The van der Waals surface area contributed by atoms with Crippen molar-refractivity contribution >= 4 is 355 Å². The van der Waals surface area contributed by atoms with Gasteiger partial charge in [-0.2, -0.15) is 25.3 Å². The van der Waals surface area contributed by atoms with E-state index < -0.39 is 30.4 Å². The van der Waals surface area contributed by atoms with E-state index in [-0.39, 0.29) is 325 Å². The minimum atomic E-state index is -3.90. The molecule has 9 nitrogen and oxygen atoms in total. The molecule has 0 heterocycles. The fourth-order valence-electron chi connectivity index (χ4n) is 0. The normalized spacial score (nSPS) is 6.72. The summed E-state index contributed by atoms with van der Waals surface area (Å²) in [6.45, 7) is 8.38. The first-order valence-corrected chi connectivity index (χ1v) is 7.99. The van der Waals surface area contributed by atoms with Crippen LogP contribution in [-0.2, 0) is 30.4 Å². The molecule has 29 heavy (non-hydrogen) atoms. The summed E-state index contributed by atoms with van der Waals surface area (Å²) in [5.41, 5.74) is 0. The number of hydrogen-bond donors (Lipinski definition) is 3. The van der Waals surface area contributed by atoms with Crippen LogP contribution in [0.25, 0.3) is 0 Å². The van der Waals surface area contributed by atoms with Crippen LogP contribution in [0.2, 0.25) is 0 Å². The van der Waals surface area contributed by atoms with Crippen molar-refractivity contribution in [3.8, 4) is 0 Å². The summed E-state index contributed by atoms with van der Waals surface area (Å²) in [5, 5.41) is 1.40. The van der Waals surface area contributed by atoms with Gasteiger partial charge in [0.05, 0.1) is 16.2 Å². The first-order chi connectivity index (χ1) is 7.68. The molecule has 0 saturated carbocycles. The molecule has 0 aromatic heterocycles. The Morgan fingerprint density at radius 1 is 0.379 bits per heavy atom. The molecule has 0 rings (SSSR count). The fourth-order valence-corrected chi connectivity index (χ4v) is 0. The SMILES string of the molecule is C=CS(=O)(=O)O.C=CS(=O)(=O)O.C=CS(=O)(=O)O.[NaH].[NaH].[NaH].[NaH].[NaH].[NaH].[NaH].[NaH].[NaH].[NaH].[NaH]. The molecule has 0 aliphatic heterocycles. The van der Waals surface area contributed by atoms with E-state index in [1.165, 1.54) is 0 Å². The van der Waals surface area contributed by atoms with Crippen molar-refractivity contribution < 1.29 is 38.9 Å². The zero-order chi connectivity index (χ0) is 15.6. The third-order valence-corrected chi connectivity index (χ3v) is 1.90. The van der Waals surface area contributed by atoms with Crippen LogP contribution >= 0.6 is 0 Å². The second kappa shape index (κ2) is 54.1. The molecule has 0 aliphatic carbocycles. The van der Waals surface area contributed by atoms with E-state index >= 15 is 0 Å². The standard InChI is InChI=1S/3C2H4O3S.11Na.11H/c3*1-2-6(3,4)5;;;;;;;;;;;;;;;;;;;;;;/h3*2H,1H2,(H,3,4,5);;;;;;;;;;;;;;;;;;;;;;. The van der Waals surface area contributed by atoms with E-state index in [2.05, 4.69) is 19.7 Å². The molecule has 0 unspecified atom stereocenters. The van der Waals surface area contributed by atoms with Crippen LogP contribution in [0.4, 0.5) is 0 Å². The van der Waals surface area contributed by atoms with Crippen LogP contribution in [0.3, 0.4) is 0 Å². The number of rotatable bonds is 3. The van der Waals surface area contributed by atoms with Crippen LogP contribution in [0.5, 0.6) is 0 Å². The van der Waals surface area contributed by atoms with E-state index in [1.807, 2.05) is 0 Å². The van der Waals surface area contributed by atoms with Crippen molar-refractivity contribution in [3.05, 3.63) is 36.0 Å². The van der Waals surface area contributed by atoms with E-state index in [0.717, 1.165) is 0 Å². The maximum atomic E-state index is 9.44. The third-order valence-electron chi connectivity index (χ3n) is 0.632. The molecule has 0 bridgehead atoms. The van der Waals surface area contributed by atoms with Crippen LogP contribution in [0.15, 0.2) is 36.0 Å². The molecule has 0 atom stereocenters. The fraction of sp³-hybridized carbons (Fsp3) is 0. The average Bonchev–Trinajstić information content (AvgIpc) is 2.16. The Balaban J connectivity index is -0.00000000815. The predicted molar refractivity (Wildman–Crippen MR) is 144 cm³/mol. The van der Waals surface area contributed by atoms with Gasteiger partial charge in [-0.3, -0.25) is 13.7 Å². The van der Waals surface area contributed by atoms with Gasteiger partial charge in [0.1, 0.15) is 0 Å². The molecule has 23 heteroatoms. The monoisotopic (exact) mass is 588 g/mol. The molecule has 0 amide bonds. The first kappa shape index (κ1) is 90.1. The zero-order valence-electron chi connectivity index (χ0n) is 8.87. The Hall–Kier alpha value is 9.95. The van der Waals surface area contributed by atoms with Crippen LogP contribution < -0.4 is 0 Å². The average molecular weight is 588 g/mol. The topological polar surface area (TPSA) is 163 Å². The van der Waals surface area contributed by atoms with Crippen molar-refractivity contribution in [1.29, 1.82) is 0 Å². The summed E-state index contributed by atoms with van der Waals surface area (Å²) >= 11 is 0. The molecule has 130 valence electrons. The van der Waals surface area contributed by atoms with Gasteiger partial charge in [0, 0.05) is 0 Å². The van der Waals surface area contributed by atoms with Crippen molar-refractivity contribution in [2.24, 2.45) is 0 Å². The Bertz CT molecular complexity index is 471. The summed E-state index contributed by atoms with van der Waals surface area (Å²) in [4.78, 5) is 0. The molecular formula is C6H23Na11O9S3. The van der Waals surface area contributed by atoms with Gasteiger partial charge in [-0.1, -0.05) is 19.7 Å². The van der Waals surface area contributed by atoms with E-state index in [4.69, 9.17) is 13.7 Å². The molecule has 0 aromatic carbocycles. The Morgan fingerprint density at radius 2 is 0.414 bits per heavy atom. The van der Waals surface area contributed by atoms with Gasteiger partial charge in [-0.25, -0.2) is 0 Å². The Morgan fingerprint density at radius 3 is 0.414 bits per heavy atom. The van der Waals surface area contributed by atoms with Crippen molar-refractivity contribution in [2.75, 3.05) is 0 Å². The van der Waals surface area contributed by atoms with Gasteiger partial charge in [0.25, 0.3) is 30.4 Å². The summed E-state index contributed by atoms with van der Waals surface area (Å²) in [7, 11) is -11.7. The van der Waals surface area contributed by atoms with Gasteiger partial charge in [0.15, 0.2) is 0 Å². The molecule has 3 N–H and O–H groups in total. The molecule has 0 radical (unpaired) electrons. The van der Waals surface area contributed by atoms with E-state index in [0.29, 0.717) is 16.2 Å². The molecular weight excluding hydrogens is 565 g/mol. The quantitative estimate of drug-likeness (QED) is 0.215. The van der Waals surface area contributed by atoms with Gasteiger partial charge in [0.2, 0.25) is 0 Å². The Labute approximate surface area is 418 Å². The summed E-state index contributed by atoms with van der Waals surface area (Å²) in [6.07, 6.45) is 0. The second-order valence-corrected chi connectivity index (χ2v) is 6.13. The summed E-state index contributed by atoms with van der Waals surface area (Å²) in [6, 6.07) is 0. The number of hydrogen-bond acceptors (Lipinski definition) is 6. The third kappa shape index (κ3) is 137. The second-order valence-electron chi connectivity index (χ2n) is 2.04. The van der Waals surface area contributed by atoms with Gasteiger partial charge >= 0.3 is 325 Å². The first-order valence-electron chi connectivity index (χ1n) is 3.48.